The molecular formula is C15H21N3O. The molecule has 4 nitrogen and oxygen atoms in total. The second-order valence-corrected chi connectivity index (χ2v) is 4.97. The first kappa shape index (κ1) is 13.6. The number of hydrogen-bond acceptors (Lipinski definition) is 3. The number of aromatic nitrogens is 2. The van der Waals surface area contributed by atoms with Gasteiger partial charge in [0.25, 0.3) is 0 Å². The van der Waals surface area contributed by atoms with Crippen molar-refractivity contribution in [3.05, 3.63) is 46.8 Å². The molecule has 0 aliphatic rings. The van der Waals surface area contributed by atoms with Crippen LogP contribution in [0.2, 0.25) is 0 Å². The molecule has 4 heteroatoms. The molecule has 0 amide bonds. The summed E-state index contributed by atoms with van der Waals surface area (Å²) >= 11 is 0. The van der Waals surface area contributed by atoms with Gasteiger partial charge in [-0.3, -0.25) is 4.68 Å². The normalized spacial score (nSPS) is 12.6. The van der Waals surface area contributed by atoms with Gasteiger partial charge in [-0.25, -0.2) is 0 Å². The van der Waals surface area contributed by atoms with Gasteiger partial charge in [-0.05, 0) is 38.5 Å². The first-order valence-electron chi connectivity index (χ1n) is 6.50. The average Bonchev–Trinajstić information content (AvgIpc) is 2.61. The SMILES string of the molecule is Cc1nn(C)c(C)c1CNC(C)c1cccc(O)c1. The number of phenols is 1. The van der Waals surface area contributed by atoms with Crippen LogP contribution in [0.1, 0.15) is 35.5 Å². The summed E-state index contributed by atoms with van der Waals surface area (Å²) in [5.74, 6) is 0.305. The van der Waals surface area contributed by atoms with Crippen LogP contribution in [0.4, 0.5) is 0 Å². The minimum Gasteiger partial charge on any atom is -0.508 e. The Hall–Kier alpha value is -1.81. The largest absolute Gasteiger partial charge is 0.508 e. The molecule has 0 radical (unpaired) electrons. The highest BCUT2D eigenvalue weighted by molar-refractivity contribution is 5.29. The topological polar surface area (TPSA) is 50.1 Å². The number of rotatable bonds is 4. The maximum absolute atomic E-state index is 9.50. The lowest BCUT2D eigenvalue weighted by atomic mass is 10.1. The van der Waals surface area contributed by atoms with Crippen LogP contribution in [0.25, 0.3) is 0 Å². The predicted octanol–water partition coefficient (Wildman–Crippen LogP) is 2.59. The van der Waals surface area contributed by atoms with Crippen LogP contribution in [0.15, 0.2) is 24.3 Å². The molecule has 1 heterocycles. The maximum Gasteiger partial charge on any atom is 0.115 e. The van der Waals surface area contributed by atoms with Crippen molar-refractivity contribution in [2.75, 3.05) is 0 Å². The van der Waals surface area contributed by atoms with Gasteiger partial charge in [0.2, 0.25) is 0 Å². The summed E-state index contributed by atoms with van der Waals surface area (Å²) in [6.45, 7) is 6.98. The van der Waals surface area contributed by atoms with Gasteiger partial charge >= 0.3 is 0 Å². The smallest absolute Gasteiger partial charge is 0.115 e. The molecule has 0 saturated carbocycles. The van der Waals surface area contributed by atoms with Gasteiger partial charge in [0.15, 0.2) is 0 Å². The molecule has 0 spiro atoms. The zero-order valence-electron chi connectivity index (χ0n) is 11.9. The van der Waals surface area contributed by atoms with E-state index in [0.29, 0.717) is 5.75 Å². The van der Waals surface area contributed by atoms with Crippen molar-refractivity contribution >= 4 is 0 Å². The molecule has 0 aliphatic heterocycles. The van der Waals surface area contributed by atoms with Crippen molar-refractivity contribution in [2.45, 2.75) is 33.4 Å². The molecule has 0 saturated heterocycles. The van der Waals surface area contributed by atoms with Gasteiger partial charge in [-0.15, -0.1) is 0 Å². The molecule has 0 aliphatic carbocycles. The van der Waals surface area contributed by atoms with Crippen LogP contribution in [0.3, 0.4) is 0 Å². The number of aromatic hydroxyl groups is 1. The minimum atomic E-state index is 0.186. The van der Waals surface area contributed by atoms with Crippen molar-refractivity contribution < 1.29 is 5.11 Å². The second kappa shape index (κ2) is 5.45. The fraction of sp³-hybridized carbons (Fsp3) is 0.400. The Labute approximate surface area is 114 Å². The zero-order chi connectivity index (χ0) is 14.0. The molecule has 1 aromatic heterocycles. The molecule has 102 valence electrons. The molecule has 2 rings (SSSR count). The molecular weight excluding hydrogens is 238 g/mol. The summed E-state index contributed by atoms with van der Waals surface area (Å²) < 4.78 is 1.91. The van der Waals surface area contributed by atoms with Gasteiger partial charge in [-0.2, -0.15) is 5.10 Å². The van der Waals surface area contributed by atoms with E-state index in [0.717, 1.165) is 17.8 Å². The van der Waals surface area contributed by atoms with E-state index in [4.69, 9.17) is 0 Å². The minimum absolute atomic E-state index is 0.186. The fourth-order valence-corrected chi connectivity index (χ4v) is 2.24. The van der Waals surface area contributed by atoms with E-state index < -0.39 is 0 Å². The van der Waals surface area contributed by atoms with Crippen molar-refractivity contribution in [1.29, 1.82) is 0 Å². The van der Waals surface area contributed by atoms with Gasteiger partial charge < -0.3 is 10.4 Å². The number of hydrogen-bond donors (Lipinski definition) is 2. The van der Waals surface area contributed by atoms with E-state index in [1.54, 1.807) is 12.1 Å². The van der Waals surface area contributed by atoms with Gasteiger partial charge in [0.1, 0.15) is 5.75 Å². The van der Waals surface area contributed by atoms with Gasteiger partial charge in [-0.1, -0.05) is 12.1 Å². The Balaban J connectivity index is 2.06. The Morgan fingerprint density at radius 1 is 1.37 bits per heavy atom. The molecule has 1 unspecified atom stereocenters. The highest BCUT2D eigenvalue weighted by Crippen LogP contribution is 2.19. The van der Waals surface area contributed by atoms with Crippen LogP contribution in [-0.2, 0) is 13.6 Å². The van der Waals surface area contributed by atoms with Crippen LogP contribution in [-0.4, -0.2) is 14.9 Å². The third-order valence-electron chi connectivity index (χ3n) is 3.61. The first-order valence-corrected chi connectivity index (χ1v) is 6.50. The lowest BCUT2D eigenvalue weighted by molar-refractivity contribution is 0.472. The van der Waals surface area contributed by atoms with Crippen molar-refractivity contribution in [3.8, 4) is 5.75 Å². The molecule has 0 fully saturated rings. The van der Waals surface area contributed by atoms with Crippen LogP contribution in [0.5, 0.6) is 5.75 Å². The Morgan fingerprint density at radius 2 is 2.11 bits per heavy atom. The van der Waals surface area contributed by atoms with Crippen LogP contribution >= 0.6 is 0 Å². The third kappa shape index (κ3) is 2.96. The molecule has 19 heavy (non-hydrogen) atoms. The number of phenolic OH excluding ortho intramolecular Hbond substituents is 1. The summed E-state index contributed by atoms with van der Waals surface area (Å²) in [4.78, 5) is 0. The van der Waals surface area contributed by atoms with Crippen LogP contribution < -0.4 is 5.32 Å². The van der Waals surface area contributed by atoms with E-state index in [2.05, 4.69) is 24.3 Å². The molecule has 2 N–H and O–H groups in total. The van der Waals surface area contributed by atoms with E-state index in [9.17, 15) is 5.11 Å². The highest BCUT2D eigenvalue weighted by atomic mass is 16.3. The fourth-order valence-electron chi connectivity index (χ4n) is 2.24. The summed E-state index contributed by atoms with van der Waals surface area (Å²) in [6, 6.07) is 7.54. The van der Waals surface area contributed by atoms with Crippen molar-refractivity contribution in [3.63, 3.8) is 0 Å². The van der Waals surface area contributed by atoms with E-state index in [-0.39, 0.29) is 6.04 Å². The number of aryl methyl sites for hydroxylation is 2. The lowest BCUT2D eigenvalue weighted by Gasteiger charge is -2.14. The van der Waals surface area contributed by atoms with E-state index >= 15 is 0 Å². The molecule has 0 bridgehead atoms. The summed E-state index contributed by atoms with van der Waals surface area (Å²) in [7, 11) is 1.96. The van der Waals surface area contributed by atoms with Crippen molar-refractivity contribution in [1.82, 2.24) is 15.1 Å². The monoisotopic (exact) mass is 259 g/mol. The average molecular weight is 259 g/mol. The van der Waals surface area contributed by atoms with Crippen molar-refractivity contribution in [2.24, 2.45) is 7.05 Å². The number of nitrogens with one attached hydrogen (secondary N) is 1. The standard InChI is InChI=1S/C15H21N3O/c1-10(13-6-5-7-14(19)8-13)16-9-15-11(2)17-18(4)12(15)3/h5-8,10,16,19H,9H2,1-4H3. The number of nitrogens with zero attached hydrogens (tertiary/aromatic N) is 2. The quantitative estimate of drug-likeness (QED) is 0.887. The maximum atomic E-state index is 9.50. The summed E-state index contributed by atoms with van der Waals surface area (Å²) in [6.07, 6.45) is 0. The zero-order valence-corrected chi connectivity index (χ0v) is 11.9. The summed E-state index contributed by atoms with van der Waals surface area (Å²) in [5, 5.41) is 17.4. The predicted molar refractivity (Wildman–Crippen MR) is 76.0 cm³/mol. The summed E-state index contributed by atoms with van der Waals surface area (Å²) in [5.41, 5.74) is 4.58. The Kier molecular flexibility index (Phi) is 3.90. The Morgan fingerprint density at radius 3 is 2.68 bits per heavy atom. The Bertz CT molecular complexity index is 575. The second-order valence-electron chi connectivity index (χ2n) is 4.97. The molecule has 1 aromatic carbocycles. The number of benzene rings is 1. The van der Waals surface area contributed by atoms with Gasteiger partial charge in [0, 0.05) is 30.9 Å². The van der Waals surface area contributed by atoms with E-state index in [1.165, 1.54) is 11.3 Å². The lowest BCUT2D eigenvalue weighted by Crippen LogP contribution is -2.18. The highest BCUT2D eigenvalue weighted by Gasteiger charge is 2.11. The first-order chi connectivity index (χ1) is 8.99. The molecule has 1 atom stereocenters. The third-order valence-corrected chi connectivity index (χ3v) is 3.61. The van der Waals surface area contributed by atoms with Crippen LogP contribution in [0, 0.1) is 13.8 Å². The van der Waals surface area contributed by atoms with Gasteiger partial charge in [0.05, 0.1) is 5.69 Å². The molecule has 2 aromatic rings. The van der Waals surface area contributed by atoms with E-state index in [1.807, 2.05) is 30.8 Å².